The molecule has 1 aromatic heterocycles. The zero-order valence-electron chi connectivity index (χ0n) is 6.13. The Kier molecular flexibility index (Phi) is 4.67. The number of nitrogen functional groups attached to an aromatic ring is 1. The van der Waals surface area contributed by atoms with Gasteiger partial charge < -0.3 is 5.73 Å². The zero-order valence-corrected chi connectivity index (χ0v) is 6.89. The first kappa shape index (κ1) is 9.24. The number of hydrogen-bond donors (Lipinski definition) is 1. The van der Waals surface area contributed by atoms with Crippen LogP contribution in [0.1, 0.15) is 13.8 Å². The molecule has 0 amide bonds. The highest BCUT2D eigenvalue weighted by Gasteiger charge is 1.84. The summed E-state index contributed by atoms with van der Waals surface area (Å²) in [6.45, 7) is 4.00. The molecule has 0 atom stereocenters. The Bertz CT molecular complexity index is 171. The number of nitrogens with two attached hydrogens (primary N) is 1. The molecule has 0 saturated heterocycles. The minimum Gasteiger partial charge on any atom is -0.384 e. The van der Waals surface area contributed by atoms with Gasteiger partial charge in [-0.05, 0) is 12.1 Å². The first-order chi connectivity index (χ1) is 4.79. The highest BCUT2D eigenvalue weighted by atomic mass is 35.5. The molecule has 0 fully saturated rings. The Labute approximate surface area is 66.0 Å². The maximum atomic E-state index is 5.52. The molecule has 0 aliphatic carbocycles. The summed E-state index contributed by atoms with van der Waals surface area (Å²) in [4.78, 5) is 3.73. The number of anilines is 1. The first-order valence-corrected chi connectivity index (χ1v) is 3.54. The Morgan fingerprint density at radius 2 is 2.10 bits per heavy atom. The van der Waals surface area contributed by atoms with Crippen LogP contribution in [0.3, 0.4) is 0 Å². The van der Waals surface area contributed by atoms with Gasteiger partial charge in [0.25, 0.3) is 0 Å². The van der Waals surface area contributed by atoms with Gasteiger partial charge in [0.15, 0.2) is 0 Å². The standard InChI is InChI=1S/C5H5ClN2.C2H6/c6-4-1-2-8-5(7)3-4;1-2/h1-3H,(H2,7,8);1-2H3. The smallest absolute Gasteiger partial charge is 0.124 e. The highest BCUT2D eigenvalue weighted by molar-refractivity contribution is 6.30. The molecule has 10 heavy (non-hydrogen) atoms. The Hall–Kier alpha value is -0.760. The van der Waals surface area contributed by atoms with Crippen LogP contribution < -0.4 is 5.73 Å². The molecule has 0 aromatic carbocycles. The van der Waals surface area contributed by atoms with Crippen LogP contribution >= 0.6 is 11.6 Å². The van der Waals surface area contributed by atoms with E-state index in [1.165, 1.54) is 0 Å². The molecule has 1 rings (SSSR count). The van der Waals surface area contributed by atoms with E-state index in [0.717, 1.165) is 0 Å². The molecule has 0 aliphatic rings. The lowest BCUT2D eigenvalue weighted by Crippen LogP contribution is -1.86. The second kappa shape index (κ2) is 5.06. The van der Waals surface area contributed by atoms with Gasteiger partial charge in [-0.25, -0.2) is 4.98 Å². The molecule has 0 bridgehead atoms. The maximum Gasteiger partial charge on any atom is 0.124 e. The lowest BCUT2D eigenvalue weighted by Gasteiger charge is -1.88. The van der Waals surface area contributed by atoms with Crippen molar-refractivity contribution in [1.82, 2.24) is 4.98 Å². The summed E-state index contributed by atoms with van der Waals surface area (Å²) in [5.74, 6) is 0.456. The van der Waals surface area contributed by atoms with Gasteiger partial charge >= 0.3 is 0 Å². The van der Waals surface area contributed by atoms with Crippen molar-refractivity contribution in [1.29, 1.82) is 0 Å². The van der Waals surface area contributed by atoms with Crippen molar-refractivity contribution in [3.63, 3.8) is 0 Å². The third-order valence-electron chi connectivity index (χ3n) is 0.743. The van der Waals surface area contributed by atoms with Crippen LogP contribution in [0.25, 0.3) is 0 Å². The van der Waals surface area contributed by atoms with Gasteiger partial charge in [-0.15, -0.1) is 0 Å². The van der Waals surface area contributed by atoms with Gasteiger partial charge in [-0.1, -0.05) is 25.4 Å². The Morgan fingerprint density at radius 3 is 2.40 bits per heavy atom. The number of nitrogens with zero attached hydrogens (tertiary/aromatic N) is 1. The molecule has 1 heterocycles. The van der Waals surface area contributed by atoms with Crippen LogP contribution in [0, 0.1) is 0 Å². The second-order valence-corrected chi connectivity index (χ2v) is 1.84. The van der Waals surface area contributed by atoms with Crippen LogP contribution in [-0.4, -0.2) is 4.98 Å². The zero-order chi connectivity index (χ0) is 7.98. The van der Waals surface area contributed by atoms with E-state index >= 15 is 0 Å². The van der Waals surface area contributed by atoms with E-state index in [1.807, 2.05) is 13.8 Å². The van der Waals surface area contributed by atoms with E-state index in [9.17, 15) is 0 Å². The molecule has 3 heteroatoms. The van der Waals surface area contributed by atoms with Crippen molar-refractivity contribution >= 4 is 17.4 Å². The molecular formula is C7H11ClN2. The largest absolute Gasteiger partial charge is 0.384 e. The topological polar surface area (TPSA) is 38.9 Å². The quantitative estimate of drug-likeness (QED) is 0.630. The molecule has 2 N–H and O–H groups in total. The lowest BCUT2D eigenvalue weighted by atomic mass is 10.5. The minimum atomic E-state index is 0.456. The van der Waals surface area contributed by atoms with Crippen molar-refractivity contribution < 1.29 is 0 Å². The fraction of sp³-hybridized carbons (Fsp3) is 0.286. The molecule has 1 aromatic rings. The average Bonchev–Trinajstić information content (AvgIpc) is 1.91. The normalized spacial score (nSPS) is 7.90. The summed E-state index contributed by atoms with van der Waals surface area (Å²) < 4.78 is 0. The molecule has 56 valence electrons. The summed E-state index contributed by atoms with van der Waals surface area (Å²) in [5, 5.41) is 0.623. The van der Waals surface area contributed by atoms with Gasteiger partial charge in [0.2, 0.25) is 0 Å². The predicted molar refractivity (Wildman–Crippen MR) is 45.0 cm³/mol. The third-order valence-corrected chi connectivity index (χ3v) is 0.978. The third kappa shape index (κ3) is 3.30. The van der Waals surface area contributed by atoms with Crippen molar-refractivity contribution in [2.24, 2.45) is 0 Å². The van der Waals surface area contributed by atoms with Gasteiger partial charge in [0, 0.05) is 11.2 Å². The number of rotatable bonds is 0. The van der Waals surface area contributed by atoms with Gasteiger partial charge in [0.05, 0.1) is 0 Å². The van der Waals surface area contributed by atoms with Crippen LogP contribution in [0.2, 0.25) is 5.02 Å². The van der Waals surface area contributed by atoms with Crippen molar-refractivity contribution in [2.45, 2.75) is 13.8 Å². The molecule has 0 spiro atoms. The van der Waals surface area contributed by atoms with Crippen LogP contribution in [0.4, 0.5) is 5.82 Å². The van der Waals surface area contributed by atoms with Crippen LogP contribution in [-0.2, 0) is 0 Å². The van der Waals surface area contributed by atoms with E-state index < -0.39 is 0 Å². The molecule has 0 saturated carbocycles. The molecular weight excluding hydrogens is 148 g/mol. The Morgan fingerprint density at radius 1 is 1.50 bits per heavy atom. The van der Waals surface area contributed by atoms with Crippen molar-refractivity contribution in [3.05, 3.63) is 23.4 Å². The van der Waals surface area contributed by atoms with E-state index in [2.05, 4.69) is 4.98 Å². The van der Waals surface area contributed by atoms with E-state index in [0.29, 0.717) is 10.8 Å². The lowest BCUT2D eigenvalue weighted by molar-refractivity contribution is 1.34. The van der Waals surface area contributed by atoms with E-state index in [4.69, 9.17) is 17.3 Å². The van der Waals surface area contributed by atoms with E-state index in [1.54, 1.807) is 18.3 Å². The fourth-order valence-corrected chi connectivity index (χ4v) is 0.589. The Balaban J connectivity index is 0.000000371. The summed E-state index contributed by atoms with van der Waals surface area (Å²) >= 11 is 5.52. The second-order valence-electron chi connectivity index (χ2n) is 1.40. The predicted octanol–water partition coefficient (Wildman–Crippen LogP) is 2.34. The molecule has 0 radical (unpaired) electrons. The maximum absolute atomic E-state index is 5.52. The number of aromatic nitrogens is 1. The monoisotopic (exact) mass is 158 g/mol. The number of pyridine rings is 1. The first-order valence-electron chi connectivity index (χ1n) is 3.16. The SMILES string of the molecule is CC.Nc1cc(Cl)ccn1. The van der Waals surface area contributed by atoms with Crippen LogP contribution in [0.5, 0.6) is 0 Å². The van der Waals surface area contributed by atoms with Gasteiger partial charge in [-0.3, -0.25) is 0 Å². The number of halogens is 1. The average molecular weight is 159 g/mol. The molecule has 0 unspecified atom stereocenters. The van der Waals surface area contributed by atoms with Crippen LogP contribution in [0.15, 0.2) is 18.3 Å². The summed E-state index contributed by atoms with van der Waals surface area (Å²) in [6.07, 6.45) is 1.57. The summed E-state index contributed by atoms with van der Waals surface area (Å²) in [6, 6.07) is 3.28. The van der Waals surface area contributed by atoms with Crippen molar-refractivity contribution in [3.8, 4) is 0 Å². The fourth-order valence-electron chi connectivity index (χ4n) is 0.421. The van der Waals surface area contributed by atoms with Crippen molar-refractivity contribution in [2.75, 3.05) is 5.73 Å². The number of hydrogen-bond acceptors (Lipinski definition) is 2. The summed E-state index contributed by atoms with van der Waals surface area (Å²) in [5.41, 5.74) is 5.26. The van der Waals surface area contributed by atoms with Gasteiger partial charge in [-0.2, -0.15) is 0 Å². The highest BCUT2D eigenvalue weighted by Crippen LogP contribution is 2.07. The molecule has 0 aliphatic heterocycles. The van der Waals surface area contributed by atoms with E-state index in [-0.39, 0.29) is 0 Å². The van der Waals surface area contributed by atoms with Gasteiger partial charge in [0.1, 0.15) is 5.82 Å². The molecule has 2 nitrogen and oxygen atoms in total. The minimum absolute atomic E-state index is 0.456. The summed E-state index contributed by atoms with van der Waals surface area (Å²) in [7, 11) is 0.